The van der Waals surface area contributed by atoms with Gasteiger partial charge < -0.3 is 10.2 Å². The van der Waals surface area contributed by atoms with Gasteiger partial charge in [-0.15, -0.1) is 23.2 Å². The van der Waals surface area contributed by atoms with Gasteiger partial charge in [-0.1, -0.05) is 0 Å². The predicted molar refractivity (Wildman–Crippen MR) is 36.7 cm³/mol. The molecule has 0 aromatic carbocycles. The van der Waals surface area contributed by atoms with Gasteiger partial charge in [0.2, 0.25) is 0 Å². The molecule has 0 amide bonds. The molecule has 0 aliphatic heterocycles. The first-order valence-electron chi connectivity index (χ1n) is 2.19. The Morgan fingerprint density at radius 3 is 1.44 bits per heavy atom. The van der Waals surface area contributed by atoms with E-state index in [0.29, 0.717) is 11.8 Å². The van der Waals surface area contributed by atoms with E-state index in [-0.39, 0.29) is 0 Å². The molecule has 0 aliphatic carbocycles. The molecule has 2 N–H and O–H groups in total. The summed E-state index contributed by atoms with van der Waals surface area (Å²) < 4.78 is 0. The molecule has 0 saturated heterocycles. The zero-order chi connectivity index (χ0) is 7.70. The largest absolute Gasteiger partial charge is 0.503 e. The van der Waals surface area contributed by atoms with Gasteiger partial charge in [-0.3, -0.25) is 0 Å². The van der Waals surface area contributed by atoms with Crippen molar-refractivity contribution >= 4 is 29.4 Å². The molecule has 5 heteroatoms. The summed E-state index contributed by atoms with van der Waals surface area (Å²) in [4.78, 5) is 8.56. The lowest BCUT2D eigenvalue weighted by Gasteiger charge is -1.75. The first-order chi connectivity index (χ1) is 4.15. The molecule has 0 aromatic heterocycles. The van der Waals surface area contributed by atoms with Crippen molar-refractivity contribution in [3.8, 4) is 0 Å². The van der Waals surface area contributed by atoms with E-state index in [4.69, 9.17) is 38.2 Å². The maximum atomic E-state index is 8.56. The number of halogens is 2. The van der Waals surface area contributed by atoms with Crippen LogP contribution in [0.4, 0.5) is 4.79 Å². The van der Waals surface area contributed by atoms with Gasteiger partial charge in [-0.05, 0) is 6.42 Å². The van der Waals surface area contributed by atoms with Gasteiger partial charge in [-0.25, -0.2) is 4.79 Å². The highest BCUT2D eigenvalue weighted by molar-refractivity contribution is 6.20. The molecular formula is C4H8Cl2O3. The highest BCUT2D eigenvalue weighted by Crippen LogP contribution is 1.84. The molecule has 0 saturated carbocycles. The fourth-order valence-electron chi connectivity index (χ4n) is 0.0505. The molecule has 0 fully saturated rings. The Balaban J connectivity index is 0. The minimum absolute atomic E-state index is 0.684. The normalized spacial score (nSPS) is 7.33. The summed E-state index contributed by atoms with van der Waals surface area (Å²) in [7, 11) is 0. The second kappa shape index (κ2) is 10.8. The second-order valence-corrected chi connectivity index (χ2v) is 1.77. The van der Waals surface area contributed by atoms with Crippen LogP contribution < -0.4 is 0 Å². The number of rotatable bonds is 2. The Labute approximate surface area is 63.2 Å². The van der Waals surface area contributed by atoms with Crippen molar-refractivity contribution in [3.05, 3.63) is 0 Å². The molecule has 3 nitrogen and oxygen atoms in total. The van der Waals surface area contributed by atoms with E-state index in [1.54, 1.807) is 0 Å². The zero-order valence-electron chi connectivity index (χ0n) is 4.68. The number of carboxylic acid groups (broad SMARTS) is 2. The van der Waals surface area contributed by atoms with Crippen molar-refractivity contribution in [3.63, 3.8) is 0 Å². The topological polar surface area (TPSA) is 57.5 Å². The van der Waals surface area contributed by atoms with E-state index in [1.165, 1.54) is 0 Å². The number of carbonyl (C=O) groups is 1. The molecule has 0 aromatic rings. The summed E-state index contributed by atoms with van der Waals surface area (Å²) in [6, 6.07) is 0. The SMILES string of the molecule is ClCCCCl.O=C(O)O. The Morgan fingerprint density at radius 2 is 1.44 bits per heavy atom. The number of hydrogen-bond donors (Lipinski definition) is 2. The lowest BCUT2D eigenvalue weighted by molar-refractivity contribution is 0.137. The fraction of sp³-hybridized carbons (Fsp3) is 0.750. The van der Waals surface area contributed by atoms with Crippen LogP contribution in [0.3, 0.4) is 0 Å². The molecule has 56 valence electrons. The molecule has 0 spiro atoms. The van der Waals surface area contributed by atoms with Crippen LogP contribution in [0, 0.1) is 0 Å². The maximum Gasteiger partial charge on any atom is 0.503 e. The average molecular weight is 175 g/mol. The van der Waals surface area contributed by atoms with Crippen molar-refractivity contribution in [2.75, 3.05) is 11.8 Å². The Hall–Kier alpha value is -0.150. The van der Waals surface area contributed by atoms with Gasteiger partial charge in [0, 0.05) is 11.8 Å². The molecular weight excluding hydrogens is 167 g/mol. The van der Waals surface area contributed by atoms with Gasteiger partial charge >= 0.3 is 6.16 Å². The first kappa shape index (κ1) is 11.6. The summed E-state index contributed by atoms with van der Waals surface area (Å²) in [6.45, 7) is 0. The third-order valence-corrected chi connectivity index (χ3v) is 0.802. The summed E-state index contributed by atoms with van der Waals surface area (Å²) in [6.07, 6.45) is -0.914. The molecule has 0 bridgehead atoms. The van der Waals surface area contributed by atoms with Gasteiger partial charge in [0.05, 0.1) is 0 Å². The first-order valence-corrected chi connectivity index (χ1v) is 3.25. The van der Waals surface area contributed by atoms with Gasteiger partial charge in [-0.2, -0.15) is 0 Å². The van der Waals surface area contributed by atoms with Crippen LogP contribution in [0.5, 0.6) is 0 Å². The van der Waals surface area contributed by atoms with Crippen LogP contribution in [-0.4, -0.2) is 28.1 Å². The van der Waals surface area contributed by atoms with Crippen molar-refractivity contribution in [1.82, 2.24) is 0 Å². The molecule has 9 heavy (non-hydrogen) atoms. The van der Waals surface area contributed by atoms with Crippen LogP contribution in [-0.2, 0) is 0 Å². The predicted octanol–water partition coefficient (Wildman–Crippen LogP) is 2.08. The fourth-order valence-corrected chi connectivity index (χ4v) is 0.455. The maximum absolute atomic E-state index is 8.56. The number of hydrogen-bond acceptors (Lipinski definition) is 1. The van der Waals surface area contributed by atoms with Gasteiger partial charge in [0.15, 0.2) is 0 Å². The summed E-state index contributed by atoms with van der Waals surface area (Å²) in [5.74, 6) is 1.37. The summed E-state index contributed by atoms with van der Waals surface area (Å²) in [5.41, 5.74) is 0. The minimum Gasteiger partial charge on any atom is -0.450 e. The second-order valence-electron chi connectivity index (χ2n) is 1.01. The molecule has 0 rings (SSSR count). The highest BCUT2D eigenvalue weighted by Gasteiger charge is 1.72. The van der Waals surface area contributed by atoms with Crippen LogP contribution in [0.25, 0.3) is 0 Å². The minimum atomic E-state index is -1.83. The van der Waals surface area contributed by atoms with Gasteiger partial charge in [0.1, 0.15) is 0 Å². The van der Waals surface area contributed by atoms with E-state index < -0.39 is 6.16 Å². The van der Waals surface area contributed by atoms with Crippen molar-refractivity contribution in [2.45, 2.75) is 6.42 Å². The Morgan fingerprint density at radius 1 is 1.22 bits per heavy atom. The monoisotopic (exact) mass is 174 g/mol. The van der Waals surface area contributed by atoms with Crippen LogP contribution in [0.1, 0.15) is 6.42 Å². The quantitative estimate of drug-likeness (QED) is 0.631. The van der Waals surface area contributed by atoms with E-state index in [9.17, 15) is 0 Å². The van der Waals surface area contributed by atoms with E-state index in [2.05, 4.69) is 0 Å². The van der Waals surface area contributed by atoms with Crippen molar-refractivity contribution in [1.29, 1.82) is 0 Å². The highest BCUT2D eigenvalue weighted by atomic mass is 35.5. The molecule has 0 unspecified atom stereocenters. The van der Waals surface area contributed by atoms with Crippen molar-refractivity contribution < 1.29 is 15.0 Å². The Bertz CT molecular complexity index is 60.8. The molecule has 0 radical (unpaired) electrons. The Kier molecular flexibility index (Phi) is 13.9. The van der Waals surface area contributed by atoms with Crippen LogP contribution in [0.15, 0.2) is 0 Å². The van der Waals surface area contributed by atoms with Crippen molar-refractivity contribution in [2.24, 2.45) is 0 Å². The lowest BCUT2D eigenvalue weighted by atomic mass is 10.6. The smallest absolute Gasteiger partial charge is 0.450 e. The number of alkyl halides is 2. The van der Waals surface area contributed by atoms with E-state index in [1.807, 2.05) is 0 Å². The average Bonchev–Trinajstić information content (AvgIpc) is 1.66. The lowest BCUT2D eigenvalue weighted by Crippen LogP contribution is -1.81. The molecule has 0 atom stereocenters. The van der Waals surface area contributed by atoms with Crippen LogP contribution >= 0.6 is 23.2 Å². The summed E-state index contributed by atoms with van der Waals surface area (Å²) >= 11 is 10.4. The standard InChI is InChI=1S/C3H6Cl2.CH2O3/c4-2-1-3-5;2-1(3)4/h1-3H2;(H2,2,3,4). The van der Waals surface area contributed by atoms with E-state index in [0.717, 1.165) is 6.42 Å². The van der Waals surface area contributed by atoms with Gasteiger partial charge in [0.25, 0.3) is 0 Å². The zero-order valence-corrected chi connectivity index (χ0v) is 6.19. The summed E-state index contributed by atoms with van der Waals surface area (Å²) in [5, 5.41) is 13.9. The molecule has 0 heterocycles. The third-order valence-electron chi connectivity index (χ3n) is 0.267. The van der Waals surface area contributed by atoms with Crippen LogP contribution in [0.2, 0.25) is 0 Å². The molecule has 0 aliphatic rings. The van der Waals surface area contributed by atoms with E-state index >= 15 is 0 Å². The third kappa shape index (κ3) is 78.5.